The van der Waals surface area contributed by atoms with Crippen molar-refractivity contribution in [2.75, 3.05) is 5.32 Å². The number of rotatable bonds is 7. The van der Waals surface area contributed by atoms with Crippen LogP contribution >= 0.6 is 11.8 Å². The molecule has 2 amide bonds. The lowest BCUT2D eigenvalue weighted by Gasteiger charge is -2.27. The maximum absolute atomic E-state index is 13.3. The number of carbonyl (C=O) groups is 3. The van der Waals surface area contributed by atoms with Crippen molar-refractivity contribution in [2.45, 2.75) is 59.3 Å². The highest BCUT2D eigenvalue weighted by molar-refractivity contribution is 8.15. The molecule has 0 unspecified atom stereocenters. The number of aryl methyl sites for hydroxylation is 2. The van der Waals surface area contributed by atoms with Crippen molar-refractivity contribution in [2.24, 2.45) is 10.9 Å². The molecule has 2 atom stereocenters. The summed E-state index contributed by atoms with van der Waals surface area (Å²) in [5.41, 5.74) is 4.21. The fourth-order valence-corrected chi connectivity index (χ4v) is 4.79. The van der Waals surface area contributed by atoms with Crippen LogP contribution in [0, 0.1) is 19.8 Å². The van der Waals surface area contributed by atoms with Crippen LogP contribution in [-0.2, 0) is 9.59 Å². The average molecular weight is 466 g/mol. The maximum Gasteiger partial charge on any atom is 0.242 e. The Bertz CT molecular complexity index is 1090. The lowest BCUT2D eigenvalue weighted by molar-refractivity contribution is -0.129. The molecule has 0 radical (unpaired) electrons. The number of anilines is 1. The number of thioether (sulfide) groups is 1. The van der Waals surface area contributed by atoms with Crippen molar-refractivity contribution in [3.63, 3.8) is 0 Å². The smallest absolute Gasteiger partial charge is 0.242 e. The zero-order valence-electron chi connectivity index (χ0n) is 20.0. The monoisotopic (exact) mass is 465 g/mol. The Morgan fingerprint density at radius 3 is 2.33 bits per heavy atom. The Morgan fingerprint density at radius 2 is 1.76 bits per heavy atom. The lowest BCUT2D eigenvalue weighted by atomic mass is 10.0. The van der Waals surface area contributed by atoms with Gasteiger partial charge in [0.05, 0.1) is 5.69 Å². The number of hydrogen-bond acceptors (Lipinski definition) is 5. The van der Waals surface area contributed by atoms with Gasteiger partial charge in [0.25, 0.3) is 0 Å². The summed E-state index contributed by atoms with van der Waals surface area (Å²) in [6, 6.07) is 12.7. The summed E-state index contributed by atoms with van der Waals surface area (Å²) in [4.78, 5) is 44.0. The predicted octanol–water partition coefficient (Wildman–Crippen LogP) is 5.51. The molecule has 2 aromatic rings. The minimum absolute atomic E-state index is 0.0316. The SMILES string of the molecule is CC(=O)c1ccc(NC(=O)C[C@H]2SC(=Nc3ccc(C)cc3C)N([C@@H](C)C(C)C)C2=O)cc1. The molecule has 2 aromatic carbocycles. The fraction of sp³-hybridized carbons (Fsp3) is 0.385. The van der Waals surface area contributed by atoms with Gasteiger partial charge >= 0.3 is 0 Å². The number of amides is 2. The third kappa shape index (κ3) is 5.90. The van der Waals surface area contributed by atoms with E-state index in [0.717, 1.165) is 16.8 Å². The summed E-state index contributed by atoms with van der Waals surface area (Å²) < 4.78 is 0. The van der Waals surface area contributed by atoms with Gasteiger partial charge in [0.15, 0.2) is 11.0 Å². The molecule has 1 aliphatic heterocycles. The van der Waals surface area contributed by atoms with Crippen LogP contribution in [0.1, 0.15) is 55.6 Å². The topological polar surface area (TPSA) is 78.8 Å². The summed E-state index contributed by atoms with van der Waals surface area (Å²) in [5.74, 6) is -0.129. The molecule has 0 bridgehead atoms. The Morgan fingerprint density at radius 1 is 1.09 bits per heavy atom. The molecule has 0 saturated carbocycles. The standard InChI is InChI=1S/C26H31N3O3S/c1-15(2)18(5)29-25(32)23(33-26(29)28-22-12-7-16(3)13-17(22)4)14-24(31)27-21-10-8-20(9-11-21)19(6)30/h7-13,15,18,23H,14H2,1-6H3,(H,27,31)/t18-,23+/m0/s1. The number of nitrogens with one attached hydrogen (secondary N) is 1. The largest absolute Gasteiger partial charge is 0.326 e. The number of hydrogen-bond donors (Lipinski definition) is 1. The Hall–Kier alpha value is -2.93. The number of benzene rings is 2. The van der Waals surface area contributed by atoms with Gasteiger partial charge in [0.1, 0.15) is 5.25 Å². The molecule has 0 aromatic heterocycles. The maximum atomic E-state index is 13.3. The van der Waals surface area contributed by atoms with E-state index in [9.17, 15) is 14.4 Å². The molecule has 174 valence electrons. The molecular formula is C26H31N3O3S. The molecule has 1 N–H and O–H groups in total. The van der Waals surface area contributed by atoms with E-state index in [4.69, 9.17) is 4.99 Å². The zero-order valence-corrected chi connectivity index (χ0v) is 20.8. The van der Waals surface area contributed by atoms with Crippen molar-refractivity contribution in [3.05, 3.63) is 59.2 Å². The van der Waals surface area contributed by atoms with E-state index >= 15 is 0 Å². The quantitative estimate of drug-likeness (QED) is 0.547. The Balaban J connectivity index is 1.79. The van der Waals surface area contributed by atoms with Crippen LogP contribution in [0.3, 0.4) is 0 Å². The van der Waals surface area contributed by atoms with E-state index in [1.807, 2.05) is 32.9 Å². The molecule has 6 nitrogen and oxygen atoms in total. The third-order valence-corrected chi connectivity index (χ3v) is 7.00. The van der Waals surface area contributed by atoms with Gasteiger partial charge in [-0.05, 0) is 69.5 Å². The van der Waals surface area contributed by atoms with Gasteiger partial charge in [0, 0.05) is 23.7 Å². The number of nitrogens with zero attached hydrogens (tertiary/aromatic N) is 2. The lowest BCUT2D eigenvalue weighted by Crippen LogP contribution is -2.42. The number of ketones is 1. The second-order valence-electron chi connectivity index (χ2n) is 8.87. The minimum Gasteiger partial charge on any atom is -0.326 e. The van der Waals surface area contributed by atoms with E-state index in [2.05, 4.69) is 25.2 Å². The van der Waals surface area contributed by atoms with Crippen molar-refractivity contribution in [1.29, 1.82) is 0 Å². The summed E-state index contributed by atoms with van der Waals surface area (Å²) in [5, 5.41) is 2.93. The second-order valence-corrected chi connectivity index (χ2v) is 10.0. The van der Waals surface area contributed by atoms with E-state index in [1.54, 1.807) is 29.2 Å². The number of aliphatic imine (C=N–C) groups is 1. The van der Waals surface area contributed by atoms with Crippen LogP contribution in [0.5, 0.6) is 0 Å². The van der Waals surface area contributed by atoms with Crippen LogP contribution < -0.4 is 5.32 Å². The first-order valence-corrected chi connectivity index (χ1v) is 12.0. The van der Waals surface area contributed by atoms with Crippen LogP contribution in [0.15, 0.2) is 47.5 Å². The minimum atomic E-state index is -0.535. The first kappa shape index (κ1) is 24.7. The molecule has 7 heteroatoms. The van der Waals surface area contributed by atoms with E-state index in [-0.39, 0.29) is 36.0 Å². The van der Waals surface area contributed by atoms with Crippen LogP contribution in [0.2, 0.25) is 0 Å². The summed E-state index contributed by atoms with van der Waals surface area (Å²) in [6.07, 6.45) is 0.0468. The molecule has 3 rings (SSSR count). The van der Waals surface area contributed by atoms with Crippen LogP contribution in [0.25, 0.3) is 0 Å². The van der Waals surface area contributed by atoms with E-state index in [0.29, 0.717) is 16.4 Å². The summed E-state index contributed by atoms with van der Waals surface area (Å²) in [7, 11) is 0. The second kappa shape index (κ2) is 10.3. The van der Waals surface area contributed by atoms with Gasteiger partial charge in [-0.1, -0.05) is 43.3 Å². The first-order chi connectivity index (χ1) is 15.6. The molecule has 1 aliphatic rings. The van der Waals surface area contributed by atoms with E-state index < -0.39 is 5.25 Å². The van der Waals surface area contributed by atoms with Crippen molar-refractivity contribution >= 4 is 45.9 Å². The first-order valence-electron chi connectivity index (χ1n) is 11.1. The Kier molecular flexibility index (Phi) is 7.74. The van der Waals surface area contributed by atoms with E-state index in [1.165, 1.54) is 18.7 Å². The number of Topliss-reactive ketones (excluding diaryl/α,β-unsaturated/α-hetero) is 1. The van der Waals surface area contributed by atoms with Crippen molar-refractivity contribution in [3.8, 4) is 0 Å². The highest BCUT2D eigenvalue weighted by Gasteiger charge is 2.42. The van der Waals surface area contributed by atoms with Crippen LogP contribution in [0.4, 0.5) is 11.4 Å². The highest BCUT2D eigenvalue weighted by atomic mass is 32.2. The van der Waals surface area contributed by atoms with Gasteiger partial charge in [0.2, 0.25) is 11.8 Å². The molecule has 0 spiro atoms. The fourth-order valence-electron chi connectivity index (χ4n) is 3.57. The van der Waals surface area contributed by atoms with Crippen LogP contribution in [-0.4, -0.2) is 39.0 Å². The third-order valence-electron chi connectivity index (χ3n) is 5.85. The zero-order chi connectivity index (χ0) is 24.3. The van der Waals surface area contributed by atoms with Gasteiger partial charge in [-0.25, -0.2) is 4.99 Å². The summed E-state index contributed by atoms with van der Waals surface area (Å²) in [6.45, 7) is 11.7. The van der Waals surface area contributed by atoms with Gasteiger partial charge in [-0.15, -0.1) is 0 Å². The molecule has 1 heterocycles. The highest BCUT2D eigenvalue weighted by Crippen LogP contribution is 2.35. The Labute approximate surface area is 199 Å². The molecule has 1 saturated heterocycles. The molecule has 0 aliphatic carbocycles. The normalized spacial score (nSPS) is 18.2. The van der Waals surface area contributed by atoms with Crippen molar-refractivity contribution in [1.82, 2.24) is 4.90 Å². The summed E-state index contributed by atoms with van der Waals surface area (Å²) >= 11 is 1.35. The average Bonchev–Trinajstić information content (AvgIpc) is 3.04. The predicted molar refractivity (Wildman–Crippen MR) is 135 cm³/mol. The van der Waals surface area contributed by atoms with Gasteiger partial charge < -0.3 is 5.32 Å². The number of amidine groups is 1. The molecular weight excluding hydrogens is 434 g/mol. The molecule has 33 heavy (non-hydrogen) atoms. The number of carbonyl (C=O) groups excluding carboxylic acids is 3. The van der Waals surface area contributed by atoms with Gasteiger partial charge in [-0.2, -0.15) is 0 Å². The van der Waals surface area contributed by atoms with Crippen molar-refractivity contribution < 1.29 is 14.4 Å². The van der Waals surface area contributed by atoms with Gasteiger partial charge in [-0.3, -0.25) is 19.3 Å². The molecule has 1 fully saturated rings.